The molecule has 0 saturated heterocycles. The summed E-state index contributed by atoms with van der Waals surface area (Å²) in [4.78, 5) is 3.01. The number of aromatic nitrogens is 3. The number of hydrogen-bond acceptors (Lipinski definition) is 7. The lowest BCUT2D eigenvalue weighted by molar-refractivity contribution is 0.594. The summed E-state index contributed by atoms with van der Waals surface area (Å²) in [5.74, 6) is -0.756. The van der Waals surface area contributed by atoms with Gasteiger partial charge in [0.15, 0.2) is 9.84 Å². The Labute approximate surface area is 184 Å². The molecule has 11 heteroatoms. The van der Waals surface area contributed by atoms with Crippen molar-refractivity contribution in [2.45, 2.75) is 16.4 Å². The predicted molar refractivity (Wildman–Crippen MR) is 120 cm³/mol. The normalized spacial score (nSPS) is 12.0. The van der Waals surface area contributed by atoms with E-state index in [-0.39, 0.29) is 26.4 Å². The van der Waals surface area contributed by atoms with Crippen molar-refractivity contribution in [3.63, 3.8) is 0 Å². The minimum absolute atomic E-state index is 0.161. The van der Waals surface area contributed by atoms with E-state index in [0.717, 1.165) is 16.9 Å². The van der Waals surface area contributed by atoms with Crippen LogP contribution >= 0.6 is 11.3 Å². The first-order valence-corrected chi connectivity index (χ1v) is 13.3. The van der Waals surface area contributed by atoms with Crippen LogP contribution < -0.4 is 4.72 Å². The van der Waals surface area contributed by atoms with Gasteiger partial charge in [-0.05, 0) is 17.7 Å². The summed E-state index contributed by atoms with van der Waals surface area (Å²) in [7, 11) is -7.42. The number of benzene rings is 2. The van der Waals surface area contributed by atoms with Crippen LogP contribution in [0.3, 0.4) is 0 Å². The molecule has 160 valence electrons. The summed E-state index contributed by atoms with van der Waals surface area (Å²) < 4.78 is 53.1. The molecule has 0 fully saturated rings. The summed E-state index contributed by atoms with van der Waals surface area (Å²) in [6.45, 7) is 0. The van der Waals surface area contributed by atoms with Crippen LogP contribution in [0.25, 0.3) is 11.1 Å². The number of nitrogens with one attached hydrogen (secondary N) is 2. The number of aromatic amines is 1. The number of sulfone groups is 1. The van der Waals surface area contributed by atoms with E-state index in [1.165, 1.54) is 6.20 Å². The van der Waals surface area contributed by atoms with E-state index in [2.05, 4.69) is 19.9 Å². The van der Waals surface area contributed by atoms with E-state index < -0.39 is 19.9 Å². The first-order chi connectivity index (χ1) is 14.8. The number of anilines is 1. The number of H-pyrrole nitrogens is 1. The monoisotopic (exact) mass is 474 g/mol. The Morgan fingerprint density at radius 1 is 0.806 bits per heavy atom. The van der Waals surface area contributed by atoms with Crippen LogP contribution in [-0.2, 0) is 31.4 Å². The highest BCUT2D eigenvalue weighted by molar-refractivity contribution is 7.92. The van der Waals surface area contributed by atoms with Gasteiger partial charge in [-0.1, -0.05) is 59.9 Å². The largest absolute Gasteiger partial charge is 0.366 e. The Morgan fingerprint density at radius 3 is 2.10 bits per heavy atom. The molecule has 31 heavy (non-hydrogen) atoms. The van der Waals surface area contributed by atoms with Gasteiger partial charge in [-0.15, -0.1) is 10.2 Å². The molecule has 0 amide bonds. The van der Waals surface area contributed by atoms with E-state index in [1.807, 2.05) is 30.3 Å². The lowest BCUT2D eigenvalue weighted by atomic mass is 10.1. The Balaban J connectivity index is 1.50. The summed E-state index contributed by atoms with van der Waals surface area (Å²) >= 11 is 0.965. The van der Waals surface area contributed by atoms with Gasteiger partial charge in [0, 0.05) is 23.6 Å². The third-order valence-corrected chi connectivity index (χ3v) is 8.46. The Morgan fingerprint density at radius 2 is 1.42 bits per heavy atom. The van der Waals surface area contributed by atoms with Gasteiger partial charge in [-0.2, -0.15) is 0 Å². The summed E-state index contributed by atoms with van der Waals surface area (Å²) in [6, 6.07) is 17.7. The third-order valence-electron chi connectivity index (χ3n) is 4.31. The Kier molecular flexibility index (Phi) is 5.90. The zero-order valence-corrected chi connectivity index (χ0v) is 18.5. The number of nitrogens with zero attached hydrogens (tertiary/aromatic N) is 2. The first kappa shape index (κ1) is 21.2. The zero-order chi connectivity index (χ0) is 21.9. The van der Waals surface area contributed by atoms with Crippen LogP contribution in [0.4, 0.5) is 5.69 Å². The highest BCUT2D eigenvalue weighted by atomic mass is 32.2. The van der Waals surface area contributed by atoms with Crippen molar-refractivity contribution in [1.82, 2.24) is 15.2 Å². The molecule has 0 aliphatic rings. The Bertz CT molecular complexity index is 1380. The smallest absolute Gasteiger partial charge is 0.239 e. The molecule has 0 bridgehead atoms. The van der Waals surface area contributed by atoms with Gasteiger partial charge in [-0.25, -0.2) is 16.8 Å². The van der Waals surface area contributed by atoms with Crippen molar-refractivity contribution in [1.29, 1.82) is 0 Å². The predicted octanol–water partition coefficient (Wildman–Crippen LogP) is 3.45. The van der Waals surface area contributed by atoms with Gasteiger partial charge < -0.3 is 4.98 Å². The molecular formula is C20H18N4O4S3. The molecule has 0 atom stereocenters. The molecule has 2 aromatic carbocycles. The van der Waals surface area contributed by atoms with Gasteiger partial charge in [-0.3, -0.25) is 4.72 Å². The quantitative estimate of drug-likeness (QED) is 0.403. The van der Waals surface area contributed by atoms with Crippen LogP contribution in [0.1, 0.15) is 10.0 Å². The molecule has 0 unspecified atom stereocenters. The van der Waals surface area contributed by atoms with Crippen LogP contribution in [0.15, 0.2) is 78.0 Å². The minimum Gasteiger partial charge on any atom is -0.366 e. The maximum Gasteiger partial charge on any atom is 0.239 e. The van der Waals surface area contributed by atoms with Gasteiger partial charge >= 0.3 is 0 Å². The van der Waals surface area contributed by atoms with Crippen molar-refractivity contribution in [2.24, 2.45) is 0 Å². The van der Waals surface area contributed by atoms with Crippen LogP contribution in [0.2, 0.25) is 0 Å². The standard InChI is InChI=1S/C20H18N4O4S3/c25-30(26,18-12-21-11-17(18)15-7-3-1-4-8-15)13-19-22-23-20(29-19)14-31(27,28)24-16-9-5-2-6-10-16/h1-12,21,24H,13-14H2. The van der Waals surface area contributed by atoms with Gasteiger partial charge in [0.05, 0.1) is 4.90 Å². The highest BCUT2D eigenvalue weighted by Crippen LogP contribution is 2.30. The van der Waals surface area contributed by atoms with Gasteiger partial charge in [0.1, 0.15) is 21.5 Å². The van der Waals surface area contributed by atoms with Crippen LogP contribution in [0, 0.1) is 0 Å². The highest BCUT2D eigenvalue weighted by Gasteiger charge is 2.24. The third kappa shape index (κ3) is 5.19. The number of hydrogen-bond donors (Lipinski definition) is 2. The van der Waals surface area contributed by atoms with E-state index >= 15 is 0 Å². The molecule has 0 saturated carbocycles. The van der Waals surface area contributed by atoms with Gasteiger partial charge in [0.25, 0.3) is 0 Å². The molecule has 2 heterocycles. The van der Waals surface area contributed by atoms with E-state index in [0.29, 0.717) is 11.3 Å². The molecular weight excluding hydrogens is 456 g/mol. The first-order valence-electron chi connectivity index (χ1n) is 9.14. The fourth-order valence-electron chi connectivity index (χ4n) is 2.98. The van der Waals surface area contributed by atoms with E-state index in [9.17, 15) is 16.8 Å². The second-order valence-electron chi connectivity index (χ2n) is 6.68. The number of sulfonamides is 1. The SMILES string of the molecule is O=S(=O)(Cc1nnc(CS(=O)(=O)c2c[nH]cc2-c2ccccc2)s1)Nc1ccccc1. The van der Waals surface area contributed by atoms with E-state index in [4.69, 9.17) is 0 Å². The van der Waals surface area contributed by atoms with Crippen molar-refractivity contribution >= 4 is 36.9 Å². The minimum atomic E-state index is -3.72. The fraction of sp³-hybridized carbons (Fsp3) is 0.100. The topological polar surface area (TPSA) is 122 Å². The second-order valence-corrected chi connectivity index (χ2v) is 11.5. The second kappa shape index (κ2) is 8.61. The van der Waals surface area contributed by atoms with Crippen molar-refractivity contribution in [2.75, 3.05) is 4.72 Å². The molecule has 4 aromatic rings. The van der Waals surface area contributed by atoms with Crippen molar-refractivity contribution in [3.8, 4) is 11.1 Å². The molecule has 8 nitrogen and oxygen atoms in total. The lowest BCUT2D eigenvalue weighted by Crippen LogP contribution is -2.14. The summed E-state index contributed by atoms with van der Waals surface area (Å²) in [5, 5.41) is 8.20. The molecule has 2 N–H and O–H groups in total. The van der Waals surface area contributed by atoms with Crippen LogP contribution in [-0.4, -0.2) is 32.0 Å². The summed E-state index contributed by atoms with van der Waals surface area (Å²) in [6.07, 6.45) is 3.07. The van der Waals surface area contributed by atoms with Crippen molar-refractivity contribution in [3.05, 3.63) is 83.1 Å². The van der Waals surface area contributed by atoms with Gasteiger partial charge in [0.2, 0.25) is 10.0 Å². The zero-order valence-electron chi connectivity index (χ0n) is 16.1. The number of rotatable bonds is 8. The van der Waals surface area contributed by atoms with Crippen molar-refractivity contribution < 1.29 is 16.8 Å². The number of para-hydroxylation sites is 1. The molecule has 4 rings (SSSR count). The Hall–Kier alpha value is -3.02. The molecule has 0 aliphatic carbocycles. The average Bonchev–Trinajstić information content (AvgIpc) is 3.38. The molecule has 2 aromatic heterocycles. The van der Waals surface area contributed by atoms with E-state index in [1.54, 1.807) is 36.5 Å². The molecule has 0 radical (unpaired) electrons. The summed E-state index contributed by atoms with van der Waals surface area (Å²) in [5.41, 5.74) is 1.79. The molecule has 0 aliphatic heterocycles. The lowest BCUT2D eigenvalue weighted by Gasteiger charge is -2.05. The van der Waals surface area contributed by atoms with Crippen LogP contribution in [0.5, 0.6) is 0 Å². The maximum absolute atomic E-state index is 13.0. The average molecular weight is 475 g/mol. The fourth-order valence-corrected chi connectivity index (χ4v) is 7.07. The maximum atomic E-state index is 13.0. The molecule has 0 spiro atoms.